The summed E-state index contributed by atoms with van der Waals surface area (Å²) in [6.07, 6.45) is 14.3. The molecule has 1 fully saturated rings. The van der Waals surface area contributed by atoms with Gasteiger partial charge < -0.3 is 69.0 Å². The van der Waals surface area contributed by atoms with E-state index in [1.54, 1.807) is 0 Å². The van der Waals surface area contributed by atoms with Gasteiger partial charge in [-0.3, -0.25) is 28.1 Å². The van der Waals surface area contributed by atoms with Gasteiger partial charge in [-0.15, -0.1) is 0 Å². The number of unbranched alkanes of at least 4 members (excludes halogenated alkanes) is 10. The molecule has 2 aromatic heterocycles. The number of fused-ring (bicyclic) bond motifs is 1. The Morgan fingerprint density at radius 3 is 2.22 bits per heavy atom. The maximum atomic E-state index is 12.6. The van der Waals surface area contributed by atoms with Crippen molar-refractivity contribution in [1.82, 2.24) is 30.2 Å². The van der Waals surface area contributed by atoms with Crippen molar-refractivity contribution in [3.05, 3.63) is 37.0 Å². The van der Waals surface area contributed by atoms with E-state index < -0.39 is 84.6 Å². The van der Waals surface area contributed by atoms with Crippen molar-refractivity contribution in [3.63, 3.8) is 0 Å². The fraction of sp³-hybridized carbons (Fsp3) is 0.692. The van der Waals surface area contributed by atoms with E-state index in [9.17, 15) is 57.9 Å². The fourth-order valence-electron chi connectivity index (χ4n) is 6.47. The molecule has 0 spiro atoms. The number of thioether (sulfide) groups is 1. The Morgan fingerprint density at radius 2 is 1.55 bits per heavy atom. The predicted molar refractivity (Wildman–Crippen MR) is 238 cm³/mol. The summed E-state index contributed by atoms with van der Waals surface area (Å²) >= 11 is 1.05. The second-order valence-corrected chi connectivity index (χ2v) is 21.4. The van der Waals surface area contributed by atoms with Crippen molar-refractivity contribution in [2.24, 2.45) is 5.41 Å². The summed E-state index contributed by atoms with van der Waals surface area (Å²) in [5.41, 5.74) is 4.08. The van der Waals surface area contributed by atoms with Gasteiger partial charge in [0.05, 0.1) is 27.4 Å². The van der Waals surface area contributed by atoms with Crippen LogP contribution in [0.2, 0.25) is 0 Å². The molecule has 0 aliphatic carbocycles. The number of aliphatic hydroxyl groups excluding tert-OH is 2. The number of hydrogen-bond donors (Lipinski definition) is 5. The van der Waals surface area contributed by atoms with Crippen molar-refractivity contribution in [2.75, 3.05) is 37.8 Å². The lowest BCUT2D eigenvalue weighted by molar-refractivity contribution is -0.347. The highest BCUT2D eigenvalue weighted by atomic mass is 32.2. The smallest absolute Gasteiger partial charge is 0.274 e. The van der Waals surface area contributed by atoms with Gasteiger partial charge in [0.25, 0.3) is 15.6 Å². The molecule has 0 saturated carbocycles. The lowest BCUT2D eigenvalue weighted by Crippen LogP contribution is -2.46. The van der Waals surface area contributed by atoms with Crippen LogP contribution in [0.15, 0.2) is 37.0 Å². The standard InChI is InChI=1S/C39H66N7O17P3S/c1-4-5-6-7-8-9-10-11-12-13-14-15-16-17-18-19-30(48)67-23-22-41-29(47)20-21-42-37(51)34(50)39(2,3)25-60-66(57,58)63-65(55,56)59-24-28-33(62-64(52,53)54)32(49)38(61-28)46-27-45-31-35(40)43-26-44-36(31)46/h11-12,18-19,26-28,32-34,38,49-50H,4-10,13-17,20-25H2,1-3H3,(H,41,47)(H,42,51)(H,55,56)(H,57,58)(H2,40,43,44)(H2,52,53,54)/p-4/b12-11-,19-18+/t28-,32-,33-,34+,38-/m1/s1. The van der Waals surface area contributed by atoms with Gasteiger partial charge in [0, 0.05) is 30.7 Å². The second kappa shape index (κ2) is 28.6. The predicted octanol–water partition coefficient (Wildman–Crippen LogP) is 1.95. The molecule has 24 nitrogen and oxygen atoms in total. The molecule has 2 amide bonds. The second-order valence-electron chi connectivity index (χ2n) is 16.2. The Bertz CT molecular complexity index is 2090. The molecule has 7 atom stereocenters. The SMILES string of the molecule is CCCCCCCC/C=C\CCCCC/C=C/C(=O)SCCNC(=O)CCNC(=O)[C@H](O)C(C)(C)COP(=O)([O-])OP(=O)([O-])OC[C@H]1O[C@@H](n2cnc3c(N)ncnc32)[C@H](O)[C@@H]1OP(=O)([O-])[O-]. The van der Waals surface area contributed by atoms with E-state index in [4.69, 9.17) is 10.5 Å². The van der Waals surface area contributed by atoms with Crippen LogP contribution in [0.3, 0.4) is 0 Å². The first-order valence-electron chi connectivity index (χ1n) is 21.9. The van der Waals surface area contributed by atoms with E-state index >= 15 is 0 Å². The quantitative estimate of drug-likeness (QED) is 0.0295. The number of imidazole rings is 1. The molecule has 3 heterocycles. The van der Waals surface area contributed by atoms with Crippen LogP contribution in [0.25, 0.3) is 11.2 Å². The van der Waals surface area contributed by atoms with Crippen LogP contribution in [-0.2, 0) is 50.7 Å². The molecule has 0 aromatic carbocycles. The van der Waals surface area contributed by atoms with E-state index in [-0.39, 0.29) is 41.6 Å². The van der Waals surface area contributed by atoms with E-state index in [2.05, 4.69) is 62.5 Å². The Labute approximate surface area is 393 Å². The average Bonchev–Trinajstić information content (AvgIpc) is 3.81. The first kappa shape index (κ1) is 58.4. The Morgan fingerprint density at radius 1 is 0.925 bits per heavy atom. The zero-order valence-corrected chi connectivity index (χ0v) is 41.2. The number of hydrogen-bond acceptors (Lipinski definition) is 22. The van der Waals surface area contributed by atoms with Gasteiger partial charge >= 0.3 is 0 Å². The third kappa shape index (κ3) is 21.7. The number of rotatable bonds is 33. The van der Waals surface area contributed by atoms with Gasteiger partial charge in [0.15, 0.2) is 17.7 Å². The summed E-state index contributed by atoms with van der Waals surface area (Å²) in [6.45, 7) is 2.33. The van der Waals surface area contributed by atoms with E-state index in [1.165, 1.54) is 58.4 Å². The molecule has 3 rings (SSSR count). The number of carbonyl (C=O) groups excluding carboxylic acids is 3. The number of aromatic nitrogens is 4. The number of amides is 2. The summed E-state index contributed by atoms with van der Waals surface area (Å²) in [5, 5.41) is 26.2. The molecule has 2 unspecified atom stereocenters. The van der Waals surface area contributed by atoms with Crippen molar-refractivity contribution >= 4 is 69.1 Å². The number of carbonyl (C=O) groups is 3. The first-order valence-corrected chi connectivity index (χ1v) is 27.2. The normalized spacial score (nSPS) is 20.3. The number of nitrogen functional groups attached to an aromatic ring is 1. The molecule has 1 aliphatic rings. The Hall–Kier alpha value is -2.96. The van der Waals surface area contributed by atoms with Crippen LogP contribution < -0.4 is 35.9 Å². The number of ether oxygens (including phenoxy) is 1. The van der Waals surface area contributed by atoms with E-state index in [1.807, 2.05) is 6.08 Å². The zero-order valence-electron chi connectivity index (χ0n) is 37.7. The van der Waals surface area contributed by atoms with Gasteiger partial charge in [0.1, 0.15) is 36.3 Å². The maximum Gasteiger partial charge on any atom is 0.274 e. The monoisotopic (exact) mass is 1030 g/mol. The molecule has 6 N–H and O–H groups in total. The third-order valence-corrected chi connectivity index (χ3v) is 13.9. The summed E-state index contributed by atoms with van der Waals surface area (Å²) in [6, 6.07) is 0. The molecular weight excluding hydrogens is 963 g/mol. The topological polar surface area (TPSA) is 375 Å². The lowest BCUT2D eigenvalue weighted by atomic mass is 9.87. The van der Waals surface area contributed by atoms with Gasteiger partial charge in [-0.2, -0.15) is 0 Å². The minimum atomic E-state index is -5.92. The molecule has 1 saturated heterocycles. The summed E-state index contributed by atoms with van der Waals surface area (Å²) in [7, 11) is -17.6. The largest absolute Gasteiger partial charge is 0.790 e. The molecule has 0 bridgehead atoms. The average molecular weight is 1030 g/mol. The molecule has 28 heteroatoms. The third-order valence-electron chi connectivity index (χ3n) is 10.1. The van der Waals surface area contributed by atoms with Gasteiger partial charge in [-0.25, -0.2) is 19.3 Å². The number of aliphatic hydroxyl groups is 2. The summed E-state index contributed by atoms with van der Waals surface area (Å²) < 4.78 is 60.8. The number of nitrogens with zero attached hydrogens (tertiary/aromatic N) is 4. The van der Waals surface area contributed by atoms with Gasteiger partial charge in [0.2, 0.25) is 16.9 Å². The highest BCUT2D eigenvalue weighted by Gasteiger charge is 2.47. The van der Waals surface area contributed by atoms with Crippen molar-refractivity contribution in [1.29, 1.82) is 0 Å². The highest BCUT2D eigenvalue weighted by Crippen LogP contribution is 2.56. The van der Waals surface area contributed by atoms with E-state index in [0.717, 1.165) is 67.5 Å². The summed E-state index contributed by atoms with van der Waals surface area (Å²) in [4.78, 5) is 96.7. The van der Waals surface area contributed by atoms with Crippen LogP contribution in [0.5, 0.6) is 0 Å². The number of phosphoric ester groups is 3. The van der Waals surface area contributed by atoms with Crippen LogP contribution in [0, 0.1) is 5.41 Å². The van der Waals surface area contributed by atoms with Crippen molar-refractivity contribution in [3.8, 4) is 0 Å². The number of phosphoric acid groups is 3. The molecule has 380 valence electrons. The van der Waals surface area contributed by atoms with Crippen molar-refractivity contribution < 1.29 is 80.5 Å². The molecule has 0 radical (unpaired) electrons. The minimum Gasteiger partial charge on any atom is -0.790 e. The number of nitrogens with one attached hydrogen (secondary N) is 2. The lowest BCUT2D eigenvalue weighted by Gasteiger charge is -2.36. The van der Waals surface area contributed by atoms with Gasteiger partial charge in [-0.1, -0.05) is 89.3 Å². The molecule has 67 heavy (non-hydrogen) atoms. The first-order chi connectivity index (χ1) is 31.6. The van der Waals surface area contributed by atoms with Crippen LogP contribution in [0.4, 0.5) is 5.82 Å². The Balaban J connectivity index is 1.32. The highest BCUT2D eigenvalue weighted by molar-refractivity contribution is 8.14. The van der Waals surface area contributed by atoms with E-state index in [0.29, 0.717) is 5.75 Å². The minimum absolute atomic E-state index is 0.0203. The number of anilines is 1. The van der Waals surface area contributed by atoms with Crippen LogP contribution >= 0.6 is 35.2 Å². The molecule has 2 aromatic rings. The van der Waals surface area contributed by atoms with Crippen molar-refractivity contribution in [2.45, 2.75) is 135 Å². The maximum absolute atomic E-state index is 12.6. The van der Waals surface area contributed by atoms with Crippen LogP contribution in [-0.4, -0.2) is 103 Å². The molecule has 1 aliphatic heterocycles. The fourth-order valence-corrected chi connectivity index (χ4v) is 9.80. The molecular formula is C39H62N7O17P3S-4. The number of allylic oxidation sites excluding steroid dienone is 3. The summed E-state index contributed by atoms with van der Waals surface area (Å²) in [5.74, 6) is -1.22. The van der Waals surface area contributed by atoms with Gasteiger partial charge in [-0.05, 0) is 44.6 Å². The zero-order chi connectivity index (χ0) is 49.7. The van der Waals surface area contributed by atoms with Crippen LogP contribution in [0.1, 0.15) is 110 Å². The Kier molecular flexibility index (Phi) is 24.9. The number of nitrogens with two attached hydrogens (primary N) is 1.